The van der Waals surface area contributed by atoms with E-state index < -0.39 is 0 Å². The van der Waals surface area contributed by atoms with E-state index >= 15 is 0 Å². The van der Waals surface area contributed by atoms with Gasteiger partial charge in [0, 0.05) is 98.1 Å². The van der Waals surface area contributed by atoms with Crippen LogP contribution < -0.4 is 0 Å². The summed E-state index contributed by atoms with van der Waals surface area (Å²) in [4.78, 5) is 0. The second kappa shape index (κ2) is 35.9. The molecule has 525 valence electrons. The SMILES string of the molecule is CC(C)(C)c1c2ccccc2cc2ccccc12.CC(C)(C)c1ccc2cc3ccccc3cc2c1.CC(C)(C)c1cccc2cc3ccccc3cc12.[CH-]=Cc1[c-]c(C(C)(C)C)c2ccccc2c1.[CH-]=Cc1[c-]cc2cccc(C(C)(C)C)c2c1.[CH-]=Cc1[c-]cc2ccccc2c1C(C)(C)C.[Y].[Y].[Y]. The van der Waals surface area contributed by atoms with Gasteiger partial charge in [0.1, 0.15) is 0 Å². The quantitative estimate of drug-likeness (QED) is 0.122. The second-order valence-corrected chi connectivity index (χ2v) is 33.2. The smallest absolute Gasteiger partial charge is 0 e. The van der Waals surface area contributed by atoms with E-state index in [4.69, 9.17) is 19.7 Å². The Morgan fingerprint density at radius 1 is 0.248 bits per heavy atom. The van der Waals surface area contributed by atoms with Crippen molar-refractivity contribution in [3.8, 4) is 0 Å². The van der Waals surface area contributed by atoms with Crippen molar-refractivity contribution in [2.24, 2.45) is 0 Å². The van der Waals surface area contributed by atoms with Crippen LogP contribution in [0.15, 0.2) is 255 Å². The fraction of sp³-hybridized carbons (Fsp3) is 0.235. The number of fused-ring (bicyclic) bond motifs is 9. The molecule has 0 saturated carbocycles. The van der Waals surface area contributed by atoms with Crippen LogP contribution in [0.4, 0.5) is 0 Å². The zero-order valence-electron chi connectivity index (χ0n) is 65.4. The van der Waals surface area contributed by atoms with Gasteiger partial charge in [-0.2, -0.15) is 17.7 Å². The summed E-state index contributed by atoms with van der Waals surface area (Å²) in [5.74, 6) is 0. The summed E-state index contributed by atoms with van der Waals surface area (Å²) >= 11 is 0. The molecule has 0 amide bonds. The average Bonchev–Trinajstić information content (AvgIpc) is 0.739. The minimum Gasteiger partial charge on any atom is -0.344 e. The summed E-state index contributed by atoms with van der Waals surface area (Å²) in [6.45, 7) is 57.2. The molecule has 0 fully saturated rings. The van der Waals surface area contributed by atoms with Crippen molar-refractivity contribution in [3.05, 3.63) is 343 Å². The zero-order chi connectivity index (χ0) is 73.5. The van der Waals surface area contributed by atoms with Gasteiger partial charge in [0.25, 0.3) is 0 Å². The van der Waals surface area contributed by atoms with E-state index in [-0.39, 0.29) is 131 Å². The normalized spacial score (nSPS) is 11.6. The molecule has 0 nitrogen and oxygen atoms in total. The Hall–Kier alpha value is -6.83. The van der Waals surface area contributed by atoms with E-state index in [1.807, 2.05) is 12.1 Å². The molecule has 0 heterocycles. The summed E-state index contributed by atoms with van der Waals surface area (Å²) in [7, 11) is 0. The van der Waals surface area contributed by atoms with Gasteiger partial charge in [0.15, 0.2) is 0 Å². The van der Waals surface area contributed by atoms with Crippen LogP contribution in [0.25, 0.3) is 115 Å². The minimum absolute atomic E-state index is 0. The molecule has 0 bridgehead atoms. The van der Waals surface area contributed by atoms with Gasteiger partial charge in [-0.25, -0.2) is 30.3 Å². The number of rotatable bonds is 3. The predicted molar refractivity (Wildman–Crippen MR) is 451 cm³/mol. The van der Waals surface area contributed by atoms with Crippen molar-refractivity contribution in [2.45, 2.75) is 157 Å². The first-order valence-electron chi connectivity index (χ1n) is 36.0. The maximum absolute atomic E-state index is 5.68. The van der Waals surface area contributed by atoms with Crippen LogP contribution in [0.2, 0.25) is 0 Å². The fourth-order valence-electron chi connectivity index (χ4n) is 13.9. The Balaban J connectivity index is 0.000000175. The van der Waals surface area contributed by atoms with Crippen LogP contribution >= 0.6 is 0 Å². The molecule has 105 heavy (non-hydrogen) atoms. The van der Waals surface area contributed by atoms with E-state index in [1.165, 1.54) is 130 Å². The van der Waals surface area contributed by atoms with Crippen LogP contribution in [-0.4, -0.2) is 0 Å². The van der Waals surface area contributed by atoms with Crippen molar-refractivity contribution in [1.82, 2.24) is 0 Å². The first kappa shape index (κ1) is 85.4. The molecule has 0 aromatic heterocycles. The Kier molecular flexibility index (Phi) is 29.2. The van der Waals surface area contributed by atoms with Crippen LogP contribution in [0, 0.1) is 37.9 Å². The fourth-order valence-corrected chi connectivity index (χ4v) is 13.9. The monoisotopic (exact) mass is 1590 g/mol. The molecule has 3 heteroatoms. The molecule has 0 aliphatic rings. The maximum atomic E-state index is 5.68. The number of hydrogen-bond donors (Lipinski definition) is 0. The molecular formula is C102H102Y3-6. The van der Waals surface area contributed by atoms with Gasteiger partial charge < -0.3 is 49.1 Å². The van der Waals surface area contributed by atoms with Crippen LogP contribution in [0.5, 0.6) is 0 Å². The third-order valence-electron chi connectivity index (χ3n) is 19.0. The van der Waals surface area contributed by atoms with Gasteiger partial charge in [0.2, 0.25) is 0 Å². The van der Waals surface area contributed by atoms with Gasteiger partial charge in [-0.15, -0.1) is 32.5 Å². The molecule has 0 saturated heterocycles. The Bertz CT molecular complexity index is 5420. The van der Waals surface area contributed by atoms with E-state index in [2.05, 4.69) is 385 Å². The second-order valence-electron chi connectivity index (χ2n) is 33.2. The van der Waals surface area contributed by atoms with Crippen molar-refractivity contribution in [1.29, 1.82) is 0 Å². The molecule has 0 aliphatic carbocycles. The molecule has 0 unspecified atom stereocenters. The molecule has 15 aromatic rings. The Morgan fingerprint density at radius 2 is 0.600 bits per heavy atom. The topological polar surface area (TPSA) is 0 Å². The average molecular weight is 1590 g/mol. The Labute approximate surface area is 705 Å². The third kappa shape index (κ3) is 21.1. The van der Waals surface area contributed by atoms with E-state index in [9.17, 15) is 0 Å². The van der Waals surface area contributed by atoms with E-state index in [0.717, 1.165) is 16.7 Å². The largest absolute Gasteiger partial charge is 0.344 e. The Morgan fingerprint density at radius 3 is 1.06 bits per heavy atom. The molecule has 3 radical (unpaired) electrons. The molecule has 0 atom stereocenters. The van der Waals surface area contributed by atoms with Crippen molar-refractivity contribution < 1.29 is 98.1 Å². The summed E-state index contributed by atoms with van der Waals surface area (Å²) in [6, 6.07) is 101. The standard InChI is InChI=1S/3C18H18.3C16H16.3Y/c1-18(2,3)17-15-10-6-4-8-13(15)12-14-9-5-7-11-16(14)17;1-18(2,3)17-10-6-9-15-11-13-7-4-5-8-14(13)12-16(15)17;1-18(2,3)17-9-8-15-10-13-6-4-5-7-14(13)11-16(15)12-17;1-5-12-9-10-13-7-6-8-15(14(13)11-12)16(2,3)4;1-5-12-10-13-8-6-7-9-14(13)15(11-12)16(2,3)4;1-5-12-10-11-13-8-6-7-9-14(13)15(12)16(2,3)4;;;/h3*4-12H,1-3H3;1,5-8,10-11H,2-4H3;1,5-10H,2-4H3;1,5-9,11H,2-4H3;;;/q;;;3*-2;;;. The molecular weight excluding hydrogens is 1490 g/mol. The molecule has 0 aliphatic heterocycles. The molecule has 15 rings (SSSR count). The van der Waals surface area contributed by atoms with E-state index in [1.54, 1.807) is 18.2 Å². The van der Waals surface area contributed by atoms with Crippen molar-refractivity contribution in [3.63, 3.8) is 0 Å². The van der Waals surface area contributed by atoms with Crippen molar-refractivity contribution in [2.75, 3.05) is 0 Å². The predicted octanol–water partition coefficient (Wildman–Crippen LogP) is 29.0. The van der Waals surface area contributed by atoms with Gasteiger partial charge in [-0.3, -0.25) is 5.56 Å². The summed E-state index contributed by atoms with van der Waals surface area (Å²) in [5, 5.41) is 23.5. The summed E-state index contributed by atoms with van der Waals surface area (Å²) in [6.07, 6.45) is 4.85. The number of hydrogen-bond acceptors (Lipinski definition) is 0. The van der Waals surface area contributed by atoms with Crippen LogP contribution in [0.1, 0.15) is 175 Å². The zero-order valence-corrected chi connectivity index (χ0v) is 74.0. The maximum Gasteiger partial charge on any atom is 0 e. The van der Waals surface area contributed by atoms with Crippen LogP contribution in [0.3, 0.4) is 0 Å². The van der Waals surface area contributed by atoms with E-state index in [0.29, 0.717) is 0 Å². The number of benzene rings is 15. The third-order valence-corrected chi connectivity index (χ3v) is 19.0. The van der Waals surface area contributed by atoms with Gasteiger partial charge in [0.05, 0.1) is 0 Å². The van der Waals surface area contributed by atoms with Gasteiger partial charge >= 0.3 is 0 Å². The molecule has 0 N–H and O–H groups in total. The summed E-state index contributed by atoms with van der Waals surface area (Å²) in [5.41, 5.74) is 11.9. The van der Waals surface area contributed by atoms with Crippen molar-refractivity contribution >= 4 is 115 Å². The first-order valence-corrected chi connectivity index (χ1v) is 36.0. The minimum atomic E-state index is 0. The summed E-state index contributed by atoms with van der Waals surface area (Å²) < 4.78 is 0. The van der Waals surface area contributed by atoms with Crippen LogP contribution in [-0.2, 0) is 131 Å². The molecule has 0 spiro atoms. The van der Waals surface area contributed by atoms with Gasteiger partial charge in [-0.05, 0) is 139 Å². The van der Waals surface area contributed by atoms with Gasteiger partial charge in [-0.1, -0.05) is 341 Å². The molecule has 15 aromatic carbocycles. The first-order chi connectivity index (χ1) is 48.2.